The third kappa shape index (κ3) is 6.99. The first kappa shape index (κ1) is 29.8. The van der Waals surface area contributed by atoms with Crippen LogP contribution < -0.4 is 21.2 Å². The molecule has 0 aliphatic heterocycles. The molecule has 200 valence electrons. The largest absolute Gasteiger partial charge is 0.350 e. The van der Waals surface area contributed by atoms with E-state index in [1.54, 1.807) is 0 Å². The minimum atomic E-state index is -3.39. The van der Waals surface area contributed by atoms with E-state index in [2.05, 4.69) is 110 Å². The van der Waals surface area contributed by atoms with E-state index in [0.717, 1.165) is 19.1 Å². The second kappa shape index (κ2) is 13.8. The number of benzene rings is 3. The fourth-order valence-corrected chi connectivity index (χ4v) is 11.3. The summed E-state index contributed by atoms with van der Waals surface area (Å²) in [5.74, 6) is 0.417. The number of nitrogens with one attached hydrogen (secondary N) is 1. The second-order valence-corrected chi connectivity index (χ2v) is 16.1. The molecule has 4 nitrogen and oxygen atoms in total. The molecule has 0 aliphatic carbocycles. The highest BCUT2D eigenvalue weighted by molar-refractivity contribution is 7.95. The maximum absolute atomic E-state index is 14.1. The van der Waals surface area contributed by atoms with Crippen molar-refractivity contribution in [3.8, 4) is 0 Å². The molecular weight excluding hydrogens is 496 g/mol. The summed E-state index contributed by atoms with van der Waals surface area (Å²) < 4.78 is 25.9. The van der Waals surface area contributed by atoms with E-state index >= 15 is 0 Å². The molecule has 0 bridgehead atoms. The smallest absolute Gasteiger partial charge is 0.308 e. The van der Waals surface area contributed by atoms with Crippen molar-refractivity contribution >= 4 is 30.8 Å². The van der Waals surface area contributed by atoms with Crippen LogP contribution in [0.4, 0.5) is 0 Å². The van der Waals surface area contributed by atoms with Gasteiger partial charge in [0.25, 0.3) is 0 Å². The Morgan fingerprint density at radius 3 is 1.54 bits per heavy atom. The van der Waals surface area contributed by atoms with Crippen molar-refractivity contribution in [2.45, 2.75) is 52.7 Å². The Balaban J connectivity index is 2.05. The number of hydrogen-bond donors (Lipinski definition) is 1. The first-order valence-electron chi connectivity index (χ1n) is 13.5. The molecule has 0 amide bonds. The monoisotopic (exact) mass is 540 g/mol. The van der Waals surface area contributed by atoms with Gasteiger partial charge in [-0.15, -0.1) is 0 Å². The Labute approximate surface area is 225 Å². The highest BCUT2D eigenvalue weighted by Crippen LogP contribution is 2.62. The second-order valence-electron chi connectivity index (χ2n) is 10.0. The van der Waals surface area contributed by atoms with Crippen molar-refractivity contribution in [1.82, 2.24) is 5.32 Å². The van der Waals surface area contributed by atoms with Crippen LogP contribution in [0, 0.1) is 5.92 Å². The molecule has 3 rings (SSSR count). The maximum Gasteiger partial charge on any atom is 0.350 e. The molecule has 0 spiro atoms. The van der Waals surface area contributed by atoms with E-state index in [4.69, 9.17) is 9.05 Å². The molecule has 3 aromatic rings. The minimum absolute atomic E-state index is 0.352. The summed E-state index contributed by atoms with van der Waals surface area (Å²) in [6.45, 7) is 11.6. The molecule has 0 aromatic heterocycles. The first-order chi connectivity index (χ1) is 17.8. The summed E-state index contributed by atoms with van der Waals surface area (Å²) in [7, 11) is -5.35. The SMILES string of the molecule is CCOP(=O)(OCC)C(C)(CCC[P+](c1ccccc1)(c1ccccc1)c1ccccc1)NCC(C)C. The van der Waals surface area contributed by atoms with Crippen molar-refractivity contribution in [2.75, 3.05) is 25.9 Å². The molecule has 0 saturated carbocycles. The van der Waals surface area contributed by atoms with Crippen LogP contribution in [-0.4, -0.2) is 31.2 Å². The van der Waals surface area contributed by atoms with E-state index in [1.165, 1.54) is 15.9 Å². The van der Waals surface area contributed by atoms with Crippen LogP contribution in [0.15, 0.2) is 91.0 Å². The van der Waals surface area contributed by atoms with Gasteiger partial charge in [0.15, 0.2) is 0 Å². The van der Waals surface area contributed by atoms with Crippen molar-refractivity contribution < 1.29 is 13.6 Å². The van der Waals surface area contributed by atoms with Crippen LogP contribution in [0.1, 0.15) is 47.5 Å². The van der Waals surface area contributed by atoms with E-state index in [9.17, 15) is 4.57 Å². The summed E-state index contributed by atoms with van der Waals surface area (Å²) in [6, 6.07) is 32.7. The van der Waals surface area contributed by atoms with Gasteiger partial charge in [0.2, 0.25) is 0 Å². The molecule has 0 radical (unpaired) electrons. The summed E-state index contributed by atoms with van der Waals surface area (Å²) in [5, 5.41) is 6.92. The Bertz CT molecular complexity index is 1000. The van der Waals surface area contributed by atoms with E-state index in [-0.39, 0.29) is 0 Å². The molecule has 3 aromatic carbocycles. The first-order valence-corrected chi connectivity index (χ1v) is 17.0. The van der Waals surface area contributed by atoms with Gasteiger partial charge in [-0.3, -0.25) is 4.57 Å². The van der Waals surface area contributed by atoms with Gasteiger partial charge in [-0.05, 0) is 82.5 Å². The van der Waals surface area contributed by atoms with Crippen LogP contribution in [0.5, 0.6) is 0 Å². The predicted octanol–water partition coefficient (Wildman–Crippen LogP) is 6.99. The quantitative estimate of drug-likeness (QED) is 0.211. The minimum Gasteiger partial charge on any atom is -0.308 e. The van der Waals surface area contributed by atoms with E-state index < -0.39 is 20.1 Å². The molecule has 1 unspecified atom stereocenters. The highest BCUT2D eigenvalue weighted by Gasteiger charge is 2.49. The molecule has 1 N–H and O–H groups in total. The predicted molar refractivity (Wildman–Crippen MR) is 161 cm³/mol. The molecule has 0 fully saturated rings. The molecule has 0 heterocycles. The lowest BCUT2D eigenvalue weighted by Gasteiger charge is -2.38. The van der Waals surface area contributed by atoms with Crippen LogP contribution in [0.25, 0.3) is 0 Å². The lowest BCUT2D eigenvalue weighted by molar-refractivity contribution is 0.184. The number of hydrogen-bond acceptors (Lipinski definition) is 4. The van der Waals surface area contributed by atoms with Gasteiger partial charge in [-0.1, -0.05) is 68.4 Å². The van der Waals surface area contributed by atoms with E-state index in [1.807, 2.05) is 20.8 Å². The maximum atomic E-state index is 14.1. The van der Waals surface area contributed by atoms with Gasteiger partial charge < -0.3 is 14.4 Å². The van der Waals surface area contributed by atoms with Crippen LogP contribution >= 0.6 is 14.9 Å². The molecule has 0 aliphatic rings. The Morgan fingerprint density at radius 2 is 1.19 bits per heavy atom. The van der Waals surface area contributed by atoms with Gasteiger partial charge in [0.1, 0.15) is 28.5 Å². The summed E-state index contributed by atoms with van der Waals surface area (Å²) in [4.78, 5) is 0. The van der Waals surface area contributed by atoms with Gasteiger partial charge in [-0.2, -0.15) is 0 Å². The molecule has 37 heavy (non-hydrogen) atoms. The molecular formula is C31H44NO3P2+. The van der Waals surface area contributed by atoms with Gasteiger partial charge in [0.05, 0.1) is 19.4 Å². The van der Waals surface area contributed by atoms with Crippen LogP contribution in [0.3, 0.4) is 0 Å². The topological polar surface area (TPSA) is 47.6 Å². The van der Waals surface area contributed by atoms with Crippen molar-refractivity contribution in [3.05, 3.63) is 91.0 Å². The molecule has 0 saturated heterocycles. The Hall–Kier alpha value is -1.80. The van der Waals surface area contributed by atoms with Gasteiger partial charge in [0, 0.05) is 0 Å². The van der Waals surface area contributed by atoms with Crippen molar-refractivity contribution in [1.29, 1.82) is 0 Å². The average Bonchev–Trinajstić information content (AvgIpc) is 2.92. The molecule has 1 atom stereocenters. The third-order valence-corrected chi connectivity index (χ3v) is 14.2. The van der Waals surface area contributed by atoms with E-state index in [0.29, 0.717) is 25.6 Å². The lowest BCUT2D eigenvalue weighted by Crippen LogP contribution is -2.45. The normalized spacial score (nSPS) is 14.0. The Kier molecular flexibility index (Phi) is 11.1. The van der Waals surface area contributed by atoms with Crippen molar-refractivity contribution in [2.24, 2.45) is 5.92 Å². The summed E-state index contributed by atoms with van der Waals surface area (Å²) >= 11 is 0. The number of rotatable bonds is 15. The third-order valence-electron chi connectivity index (χ3n) is 6.84. The average molecular weight is 541 g/mol. The standard InChI is InChI=1S/C31H44NO3P2/c1-6-34-37(33,35-7-2)31(5,32-26-27(3)4)24-17-25-36(28-18-11-8-12-19-28,29-20-13-9-14-21-29)30-22-15-10-16-23-30/h8-16,18-23,27,32H,6-7,17,24-26H2,1-5H3/q+1. The van der Waals surface area contributed by atoms with Crippen LogP contribution in [-0.2, 0) is 13.6 Å². The zero-order valence-electron chi connectivity index (χ0n) is 23.1. The fourth-order valence-electron chi connectivity index (χ4n) is 4.95. The zero-order valence-corrected chi connectivity index (χ0v) is 24.9. The fraction of sp³-hybridized carbons (Fsp3) is 0.419. The zero-order chi connectivity index (χ0) is 26.8. The summed E-state index contributed by atoms with van der Waals surface area (Å²) in [6.07, 6.45) is 2.52. The van der Waals surface area contributed by atoms with Gasteiger partial charge in [-0.25, -0.2) is 0 Å². The van der Waals surface area contributed by atoms with Gasteiger partial charge >= 0.3 is 7.60 Å². The van der Waals surface area contributed by atoms with Crippen LogP contribution in [0.2, 0.25) is 0 Å². The summed E-state index contributed by atoms with van der Waals surface area (Å²) in [5.41, 5.74) is 0. The van der Waals surface area contributed by atoms with Crippen molar-refractivity contribution in [3.63, 3.8) is 0 Å². The Morgan fingerprint density at radius 1 is 0.784 bits per heavy atom. The highest BCUT2D eigenvalue weighted by atomic mass is 31.2. The molecule has 6 heteroatoms. The lowest BCUT2D eigenvalue weighted by atomic mass is 10.1.